The molecule has 49 heavy (non-hydrogen) atoms. The predicted molar refractivity (Wildman–Crippen MR) is 208 cm³/mol. The summed E-state index contributed by atoms with van der Waals surface area (Å²) in [7, 11) is 0. The standard InChI is InChI=1S/C48H30O/c1-2-13-33(14-3-1)45-39-16-6-8-18-41(39)46(42-19-9-7-17-40(42)45)34-27-25-32(26-28-34)37-20-11-23-44-47(37)43-22-10-21-38(48(43)49-44)36-29-24-31-12-4-5-15-35(31)30-36/h1-30H/i1D,2D,3D,6D,7D,8D,9D,13D,14D,16D,17D,18D,19D,25D,26D,27D,28D. The van der Waals surface area contributed by atoms with Crippen molar-refractivity contribution in [3.63, 3.8) is 0 Å². The number of benzene rings is 9. The second-order valence-electron chi connectivity index (χ2n) is 11.5. The molecule has 0 N–H and O–H groups in total. The topological polar surface area (TPSA) is 13.1 Å². The summed E-state index contributed by atoms with van der Waals surface area (Å²) in [6.07, 6.45) is 0. The second-order valence-corrected chi connectivity index (χ2v) is 11.5. The number of furan rings is 1. The van der Waals surface area contributed by atoms with E-state index in [0.717, 1.165) is 21.9 Å². The van der Waals surface area contributed by atoms with E-state index in [2.05, 4.69) is 0 Å². The van der Waals surface area contributed by atoms with E-state index in [1.54, 1.807) is 18.2 Å². The van der Waals surface area contributed by atoms with Crippen LogP contribution in [0.4, 0.5) is 0 Å². The molecule has 0 saturated heterocycles. The lowest BCUT2D eigenvalue weighted by Crippen LogP contribution is -1.90. The second kappa shape index (κ2) is 11.1. The molecule has 228 valence electrons. The van der Waals surface area contributed by atoms with E-state index in [4.69, 9.17) is 16.8 Å². The number of rotatable bonds is 4. The van der Waals surface area contributed by atoms with Gasteiger partial charge in [0.15, 0.2) is 0 Å². The summed E-state index contributed by atoms with van der Waals surface area (Å²) < 4.78 is 160. The summed E-state index contributed by atoms with van der Waals surface area (Å²) >= 11 is 0. The molecule has 0 radical (unpaired) electrons. The molecule has 9 aromatic carbocycles. The van der Waals surface area contributed by atoms with Crippen LogP contribution in [-0.2, 0) is 0 Å². The normalized spacial score (nSPS) is 16.5. The Morgan fingerprint density at radius 2 is 0.959 bits per heavy atom. The first kappa shape index (κ1) is 15.6. The van der Waals surface area contributed by atoms with Gasteiger partial charge in [-0.1, -0.05) is 169 Å². The van der Waals surface area contributed by atoms with Crippen LogP contribution in [0, 0.1) is 0 Å². The summed E-state index contributed by atoms with van der Waals surface area (Å²) in [6, 6.07) is 11.4. The zero-order valence-corrected chi connectivity index (χ0v) is 25.4. The van der Waals surface area contributed by atoms with Gasteiger partial charge in [0.2, 0.25) is 0 Å². The first-order valence-corrected chi connectivity index (χ1v) is 15.5. The maximum Gasteiger partial charge on any atom is 0.143 e. The Kier molecular flexibility index (Phi) is 3.54. The van der Waals surface area contributed by atoms with Crippen molar-refractivity contribution in [3.05, 3.63) is 182 Å². The molecule has 0 bridgehead atoms. The summed E-state index contributed by atoms with van der Waals surface area (Å²) in [4.78, 5) is 0. The minimum Gasteiger partial charge on any atom is -0.455 e. The Hall–Kier alpha value is -6.44. The third-order valence-corrected chi connectivity index (χ3v) is 8.85. The number of para-hydroxylation sites is 1. The van der Waals surface area contributed by atoms with Gasteiger partial charge in [-0.05, 0) is 83.4 Å². The first-order chi connectivity index (χ1) is 31.4. The van der Waals surface area contributed by atoms with E-state index in [1.807, 2.05) is 60.7 Å². The van der Waals surface area contributed by atoms with Gasteiger partial charge in [0, 0.05) is 16.3 Å². The molecule has 1 heterocycles. The molecule has 0 unspecified atom stereocenters. The maximum absolute atomic E-state index is 9.63. The molecular formula is C48H30O. The molecule has 1 aromatic heterocycles. The van der Waals surface area contributed by atoms with Crippen molar-refractivity contribution in [2.75, 3.05) is 0 Å². The van der Waals surface area contributed by atoms with Crippen LogP contribution in [-0.4, -0.2) is 0 Å². The average molecular weight is 640 g/mol. The summed E-state index contributed by atoms with van der Waals surface area (Å²) in [5, 5.41) is 1.11. The van der Waals surface area contributed by atoms with Crippen molar-refractivity contribution in [2.24, 2.45) is 0 Å². The number of hydrogen-bond donors (Lipinski definition) is 0. The van der Waals surface area contributed by atoms with Crippen molar-refractivity contribution >= 4 is 54.3 Å². The van der Waals surface area contributed by atoms with E-state index < -0.39 is 147 Å². The van der Waals surface area contributed by atoms with Crippen molar-refractivity contribution in [1.29, 1.82) is 0 Å². The minimum atomic E-state index is -0.827. The van der Waals surface area contributed by atoms with Gasteiger partial charge in [0.25, 0.3) is 0 Å². The Balaban J connectivity index is 1.34. The fourth-order valence-electron chi connectivity index (χ4n) is 6.71. The molecule has 0 aliphatic carbocycles. The third kappa shape index (κ3) is 4.40. The molecule has 0 aliphatic heterocycles. The molecule has 0 aliphatic rings. The van der Waals surface area contributed by atoms with E-state index in [-0.39, 0.29) is 11.1 Å². The van der Waals surface area contributed by atoms with E-state index >= 15 is 0 Å². The van der Waals surface area contributed by atoms with Crippen molar-refractivity contribution < 1.29 is 27.7 Å². The van der Waals surface area contributed by atoms with Crippen LogP contribution in [0.2, 0.25) is 0 Å². The molecule has 0 spiro atoms. The van der Waals surface area contributed by atoms with Crippen LogP contribution >= 0.6 is 0 Å². The maximum atomic E-state index is 9.63. The van der Waals surface area contributed by atoms with E-state index in [1.165, 1.54) is 0 Å². The van der Waals surface area contributed by atoms with Gasteiger partial charge in [0.05, 0.1) is 23.3 Å². The van der Waals surface area contributed by atoms with Gasteiger partial charge >= 0.3 is 0 Å². The van der Waals surface area contributed by atoms with Crippen LogP contribution < -0.4 is 0 Å². The summed E-state index contributed by atoms with van der Waals surface area (Å²) in [6.45, 7) is 0. The van der Waals surface area contributed by atoms with E-state index in [0.29, 0.717) is 21.9 Å². The zero-order chi connectivity index (χ0) is 47.1. The highest BCUT2D eigenvalue weighted by atomic mass is 16.3. The van der Waals surface area contributed by atoms with Crippen LogP contribution in [0.1, 0.15) is 23.3 Å². The molecule has 0 saturated carbocycles. The quantitative estimate of drug-likeness (QED) is 0.175. The van der Waals surface area contributed by atoms with Gasteiger partial charge in [-0.15, -0.1) is 0 Å². The molecule has 10 aromatic rings. The Bertz CT molecular complexity index is 3720. The number of hydrogen-bond acceptors (Lipinski definition) is 1. The van der Waals surface area contributed by atoms with Gasteiger partial charge < -0.3 is 4.42 Å². The Morgan fingerprint density at radius 3 is 1.65 bits per heavy atom. The van der Waals surface area contributed by atoms with Crippen molar-refractivity contribution in [2.45, 2.75) is 0 Å². The lowest BCUT2D eigenvalue weighted by Gasteiger charge is -2.18. The summed E-state index contributed by atoms with van der Waals surface area (Å²) in [5.74, 6) is 0. The predicted octanol–water partition coefficient (Wildman–Crippen LogP) is 13.7. The minimum absolute atomic E-state index is 0.147. The molecule has 0 fully saturated rings. The van der Waals surface area contributed by atoms with Crippen molar-refractivity contribution in [1.82, 2.24) is 0 Å². The van der Waals surface area contributed by atoms with Gasteiger partial charge in [-0.25, -0.2) is 0 Å². The molecule has 0 amide bonds. The first-order valence-electron chi connectivity index (χ1n) is 24.0. The lowest BCUT2D eigenvalue weighted by molar-refractivity contribution is 0.670. The van der Waals surface area contributed by atoms with Crippen LogP contribution in [0.5, 0.6) is 0 Å². The largest absolute Gasteiger partial charge is 0.455 e. The van der Waals surface area contributed by atoms with Crippen LogP contribution in [0.25, 0.3) is 98.8 Å². The number of fused-ring (bicyclic) bond motifs is 6. The molecule has 0 atom stereocenters. The van der Waals surface area contributed by atoms with Gasteiger partial charge in [-0.2, -0.15) is 0 Å². The zero-order valence-electron chi connectivity index (χ0n) is 42.4. The highest BCUT2D eigenvalue weighted by Gasteiger charge is 2.18. The van der Waals surface area contributed by atoms with Crippen LogP contribution in [0.3, 0.4) is 0 Å². The third-order valence-electron chi connectivity index (χ3n) is 8.85. The monoisotopic (exact) mass is 639 g/mol. The van der Waals surface area contributed by atoms with E-state index in [9.17, 15) is 11.0 Å². The fraction of sp³-hybridized carbons (Fsp3) is 0. The lowest BCUT2D eigenvalue weighted by atomic mass is 9.85. The highest BCUT2D eigenvalue weighted by molar-refractivity contribution is 6.21. The Labute approximate surface area is 308 Å². The molecule has 1 nitrogen and oxygen atoms in total. The SMILES string of the molecule is [2H]c1c([2H])c([2H])c(-c2c3c([2H])c([2H])c([2H])c([2H])c3c(-c3c([2H])c([2H])c(-c4cccc5oc6c(-c7ccc8ccccc8c7)cccc6c45)c([2H])c3[2H])c3c([2H])c([2H])c([2H])c([2H])c23)c([2H])c1[2H]. The molecular weight excluding hydrogens is 593 g/mol. The molecule has 10 rings (SSSR count). The molecule has 1 heteroatoms. The summed E-state index contributed by atoms with van der Waals surface area (Å²) in [5.41, 5.74) is 0.500. The Morgan fingerprint density at radius 1 is 0.388 bits per heavy atom. The smallest absolute Gasteiger partial charge is 0.143 e. The van der Waals surface area contributed by atoms with Crippen LogP contribution in [0.15, 0.2) is 186 Å². The fourth-order valence-corrected chi connectivity index (χ4v) is 6.71. The highest BCUT2D eigenvalue weighted by Crippen LogP contribution is 2.45. The van der Waals surface area contributed by atoms with Gasteiger partial charge in [0.1, 0.15) is 11.2 Å². The van der Waals surface area contributed by atoms with Gasteiger partial charge in [-0.3, -0.25) is 0 Å². The van der Waals surface area contributed by atoms with Crippen molar-refractivity contribution in [3.8, 4) is 44.5 Å². The average Bonchev–Trinajstić information content (AvgIpc) is 3.71.